The Morgan fingerprint density at radius 3 is 2.55 bits per heavy atom. The number of allylic oxidation sites excluding steroid dienone is 4. The predicted octanol–water partition coefficient (Wildman–Crippen LogP) is 4.92. The molecular formula is C28H34FNO3. The second-order valence-electron chi connectivity index (χ2n) is 10.9. The van der Waals surface area contributed by atoms with Crippen molar-refractivity contribution in [3.63, 3.8) is 0 Å². The zero-order chi connectivity index (χ0) is 23.5. The van der Waals surface area contributed by atoms with Crippen molar-refractivity contribution < 1.29 is 19.1 Å². The molecule has 0 aromatic heterocycles. The van der Waals surface area contributed by atoms with E-state index in [1.165, 1.54) is 22.3 Å². The summed E-state index contributed by atoms with van der Waals surface area (Å²) in [6.07, 6.45) is 6.66. The van der Waals surface area contributed by atoms with Crippen LogP contribution in [0.3, 0.4) is 0 Å². The first-order valence-corrected chi connectivity index (χ1v) is 12.2. The molecule has 0 heterocycles. The van der Waals surface area contributed by atoms with Gasteiger partial charge in [-0.1, -0.05) is 24.6 Å². The number of hydrogen-bond donors (Lipinski definition) is 1. The van der Waals surface area contributed by atoms with E-state index in [4.69, 9.17) is 0 Å². The van der Waals surface area contributed by atoms with Crippen LogP contribution in [0.5, 0.6) is 0 Å². The number of benzene rings is 1. The van der Waals surface area contributed by atoms with Gasteiger partial charge in [0, 0.05) is 37.5 Å². The number of halogens is 1. The fourth-order valence-electron chi connectivity index (χ4n) is 7.54. The lowest BCUT2D eigenvalue weighted by Gasteiger charge is -2.54. The zero-order valence-corrected chi connectivity index (χ0v) is 19.9. The first-order valence-electron chi connectivity index (χ1n) is 12.2. The minimum atomic E-state index is -1.61. The Kier molecular flexibility index (Phi) is 5.39. The molecule has 2 fully saturated rings. The number of rotatable bonds is 4. The Balaban J connectivity index is 1.66. The predicted molar refractivity (Wildman–Crippen MR) is 127 cm³/mol. The third kappa shape index (κ3) is 3.26. The zero-order valence-electron chi connectivity index (χ0n) is 19.9. The molecular weight excluding hydrogens is 417 g/mol. The average Bonchev–Trinajstić information content (AvgIpc) is 3.09. The van der Waals surface area contributed by atoms with Gasteiger partial charge < -0.3 is 10.0 Å². The van der Waals surface area contributed by atoms with Gasteiger partial charge in [-0.05, 0) is 85.3 Å². The topological polar surface area (TPSA) is 57.6 Å². The number of ketones is 2. The van der Waals surface area contributed by atoms with Crippen molar-refractivity contribution in [1.82, 2.24) is 0 Å². The van der Waals surface area contributed by atoms with Crippen molar-refractivity contribution in [3.05, 3.63) is 52.6 Å². The number of anilines is 1. The van der Waals surface area contributed by atoms with Crippen LogP contribution in [0.1, 0.15) is 63.4 Å². The number of alkyl halides is 1. The van der Waals surface area contributed by atoms with Crippen LogP contribution in [0.25, 0.3) is 0 Å². The minimum absolute atomic E-state index is 0.0522. The maximum absolute atomic E-state index is 13.6. The summed E-state index contributed by atoms with van der Waals surface area (Å²) in [4.78, 5) is 26.9. The van der Waals surface area contributed by atoms with Crippen molar-refractivity contribution in [1.29, 1.82) is 0 Å². The fraction of sp³-hybridized carbons (Fsp3) is 0.571. The maximum atomic E-state index is 13.6. The van der Waals surface area contributed by atoms with Crippen molar-refractivity contribution in [2.24, 2.45) is 17.3 Å². The third-order valence-corrected chi connectivity index (χ3v) is 9.28. The molecule has 1 aromatic rings. The van der Waals surface area contributed by atoms with E-state index in [9.17, 15) is 19.1 Å². The molecule has 5 rings (SSSR count). The van der Waals surface area contributed by atoms with Crippen LogP contribution in [0.15, 0.2) is 47.1 Å². The lowest BCUT2D eigenvalue weighted by molar-refractivity contribution is -0.156. The average molecular weight is 452 g/mol. The number of carbonyl (C=O) groups is 2. The Bertz CT molecular complexity index is 1060. The molecule has 1 aromatic carbocycles. The summed E-state index contributed by atoms with van der Waals surface area (Å²) in [6, 6.07) is 8.54. The molecule has 0 unspecified atom stereocenters. The van der Waals surface area contributed by atoms with E-state index in [0.29, 0.717) is 19.3 Å². The summed E-state index contributed by atoms with van der Waals surface area (Å²) in [6.45, 7) is 0.908. The second kappa shape index (κ2) is 7.90. The normalized spacial score (nSPS) is 35.5. The van der Waals surface area contributed by atoms with Crippen LogP contribution in [0.4, 0.5) is 10.1 Å². The SMILES string of the molecule is CN(C)c1ccc([C@H]2C[C@@]3(C)[C@@H](CC[C@]3(O)C(=O)CF)[C@@H]3CCC4=CC(=O)CCC4=C32)cc1. The van der Waals surface area contributed by atoms with Gasteiger partial charge in [0.15, 0.2) is 18.2 Å². The van der Waals surface area contributed by atoms with Crippen LogP contribution < -0.4 is 4.90 Å². The van der Waals surface area contributed by atoms with Crippen LogP contribution in [-0.4, -0.2) is 43.0 Å². The van der Waals surface area contributed by atoms with E-state index in [0.717, 1.165) is 31.4 Å². The van der Waals surface area contributed by atoms with E-state index < -0.39 is 23.5 Å². The van der Waals surface area contributed by atoms with Gasteiger partial charge in [0.25, 0.3) is 0 Å². The first kappa shape index (κ1) is 22.5. The molecule has 2 saturated carbocycles. The molecule has 4 aliphatic carbocycles. The Morgan fingerprint density at radius 1 is 1.15 bits per heavy atom. The lowest BCUT2D eigenvalue weighted by atomic mass is 9.51. The van der Waals surface area contributed by atoms with Crippen LogP contribution in [0.2, 0.25) is 0 Å². The molecule has 33 heavy (non-hydrogen) atoms. The fourth-order valence-corrected chi connectivity index (χ4v) is 7.54. The third-order valence-electron chi connectivity index (χ3n) is 9.28. The molecule has 4 nitrogen and oxygen atoms in total. The van der Waals surface area contributed by atoms with Gasteiger partial charge in [-0.2, -0.15) is 0 Å². The van der Waals surface area contributed by atoms with Crippen LogP contribution >= 0.6 is 0 Å². The van der Waals surface area contributed by atoms with E-state index in [2.05, 4.69) is 29.2 Å². The molecule has 5 heteroatoms. The van der Waals surface area contributed by atoms with Gasteiger partial charge in [0.2, 0.25) is 0 Å². The minimum Gasteiger partial charge on any atom is -0.381 e. The summed E-state index contributed by atoms with van der Waals surface area (Å²) in [5, 5.41) is 11.6. The quantitative estimate of drug-likeness (QED) is 0.706. The highest BCUT2D eigenvalue weighted by atomic mass is 19.1. The molecule has 5 atom stereocenters. The highest BCUT2D eigenvalue weighted by Crippen LogP contribution is 2.66. The molecule has 176 valence electrons. The molecule has 0 spiro atoms. The number of hydrogen-bond acceptors (Lipinski definition) is 4. The number of nitrogens with zero attached hydrogens (tertiary/aromatic N) is 1. The number of Topliss-reactive ketones (excluding diaryl/α,β-unsaturated/α-hetero) is 1. The maximum Gasteiger partial charge on any atom is 0.195 e. The standard InChI is InChI=1S/C28H34FNO3/c1-27-15-23(17-4-7-19(8-5-17)30(2)3)26-21-11-9-20(31)14-18(21)6-10-22(26)24(27)12-13-28(27,33)25(32)16-29/h4-5,7-8,14,22-24,33H,6,9-13,15-16H2,1-3H3/t22-,23+,24-,27-,28-/m0/s1. The Hall–Kier alpha value is -2.27. The summed E-state index contributed by atoms with van der Waals surface area (Å²) in [5.41, 5.74) is 3.95. The monoisotopic (exact) mass is 451 g/mol. The Labute approximate surface area is 195 Å². The van der Waals surface area contributed by atoms with Gasteiger partial charge in [0.1, 0.15) is 5.60 Å². The number of aliphatic hydroxyl groups is 1. The van der Waals surface area contributed by atoms with Crippen molar-refractivity contribution in [3.8, 4) is 0 Å². The Morgan fingerprint density at radius 2 is 1.88 bits per heavy atom. The van der Waals surface area contributed by atoms with E-state index in [-0.39, 0.29) is 23.5 Å². The number of carbonyl (C=O) groups excluding carboxylic acids is 2. The second-order valence-corrected chi connectivity index (χ2v) is 10.9. The van der Waals surface area contributed by atoms with E-state index in [1.54, 1.807) is 0 Å². The largest absolute Gasteiger partial charge is 0.381 e. The highest BCUT2D eigenvalue weighted by molar-refractivity contribution is 5.93. The van der Waals surface area contributed by atoms with Crippen molar-refractivity contribution in [2.45, 2.75) is 63.4 Å². The lowest BCUT2D eigenvalue weighted by Crippen LogP contribution is -2.56. The van der Waals surface area contributed by atoms with Gasteiger partial charge >= 0.3 is 0 Å². The summed E-state index contributed by atoms with van der Waals surface area (Å²) >= 11 is 0. The molecule has 0 aliphatic heterocycles. The molecule has 0 amide bonds. The first-order chi connectivity index (χ1) is 15.7. The van der Waals surface area contributed by atoms with Gasteiger partial charge in [0.05, 0.1) is 0 Å². The van der Waals surface area contributed by atoms with Crippen LogP contribution in [0, 0.1) is 17.3 Å². The molecule has 0 bridgehead atoms. The van der Waals surface area contributed by atoms with Gasteiger partial charge in [-0.3, -0.25) is 9.59 Å². The van der Waals surface area contributed by atoms with E-state index >= 15 is 0 Å². The molecule has 4 aliphatic rings. The van der Waals surface area contributed by atoms with Crippen molar-refractivity contribution >= 4 is 17.3 Å². The molecule has 1 N–H and O–H groups in total. The molecule has 0 saturated heterocycles. The summed E-state index contributed by atoms with van der Waals surface area (Å²) in [5.74, 6) is 0.00604. The smallest absolute Gasteiger partial charge is 0.195 e. The summed E-state index contributed by atoms with van der Waals surface area (Å²) < 4.78 is 13.6. The summed E-state index contributed by atoms with van der Waals surface area (Å²) in [7, 11) is 4.03. The number of fused-ring (bicyclic) bond motifs is 4. The van der Waals surface area contributed by atoms with E-state index in [1.807, 2.05) is 27.1 Å². The molecule has 0 radical (unpaired) electrons. The highest BCUT2D eigenvalue weighted by Gasteiger charge is 2.65. The van der Waals surface area contributed by atoms with Crippen molar-refractivity contribution in [2.75, 3.05) is 25.7 Å². The van der Waals surface area contributed by atoms with Gasteiger partial charge in [-0.25, -0.2) is 4.39 Å². The van der Waals surface area contributed by atoms with Gasteiger partial charge in [-0.15, -0.1) is 0 Å². The van der Waals surface area contributed by atoms with Crippen LogP contribution in [-0.2, 0) is 9.59 Å².